The van der Waals surface area contributed by atoms with E-state index in [4.69, 9.17) is 0 Å². The first-order chi connectivity index (χ1) is 15.2. The second kappa shape index (κ2) is 7.02. The minimum atomic E-state index is 0.961. The van der Waals surface area contributed by atoms with E-state index >= 15 is 0 Å². The van der Waals surface area contributed by atoms with Crippen molar-refractivity contribution in [2.45, 2.75) is 26.9 Å². The normalized spacial score (nSPS) is 14.3. The first-order valence-corrected chi connectivity index (χ1v) is 11.0. The summed E-state index contributed by atoms with van der Waals surface area (Å²) in [5, 5.41) is 0. The van der Waals surface area contributed by atoms with Gasteiger partial charge in [-0.15, -0.1) is 0 Å². The molecule has 0 N–H and O–H groups in total. The van der Waals surface area contributed by atoms with E-state index in [1.54, 1.807) is 0 Å². The van der Waals surface area contributed by atoms with Gasteiger partial charge in [0.25, 0.3) is 0 Å². The zero-order valence-corrected chi connectivity index (χ0v) is 18.1. The molecule has 2 heteroatoms. The molecule has 0 fully saturated rings. The first kappa shape index (κ1) is 18.3. The Labute approximate surface area is 184 Å². The van der Waals surface area contributed by atoms with Crippen LogP contribution in [0.4, 0.5) is 11.4 Å². The van der Waals surface area contributed by atoms with Gasteiger partial charge in [0.15, 0.2) is 0 Å². The second-order valence-electron chi connectivity index (χ2n) is 8.85. The number of hydrogen-bond acceptors (Lipinski definition) is 2. The van der Waals surface area contributed by atoms with Crippen LogP contribution in [0.2, 0.25) is 0 Å². The minimum absolute atomic E-state index is 0.961. The standard InChI is InChI=1S/C29H26N2/c1-20-7-3-5-9-26(20)22-11-13-28-24(15-22)17-30-19-31(28)18-25-16-23(12-14-29(25)30)27-10-6-4-8-21(27)2/h3-16H,17-19H2,1-2H3. The van der Waals surface area contributed by atoms with Crippen molar-refractivity contribution in [3.05, 3.63) is 107 Å². The topological polar surface area (TPSA) is 6.48 Å². The van der Waals surface area contributed by atoms with Crippen LogP contribution >= 0.6 is 0 Å². The third-order valence-corrected chi connectivity index (χ3v) is 6.82. The number of fused-ring (bicyclic) bond motifs is 6. The van der Waals surface area contributed by atoms with Crippen LogP contribution in [0.1, 0.15) is 22.3 Å². The number of hydrogen-bond donors (Lipinski definition) is 0. The highest BCUT2D eigenvalue weighted by molar-refractivity contribution is 5.77. The van der Waals surface area contributed by atoms with E-state index in [2.05, 4.69) is 109 Å². The molecule has 0 radical (unpaired) electrons. The SMILES string of the molecule is Cc1ccccc1-c1ccc2c(c1)CN1CN2Cc2cc(-c3ccccc3C)ccc21. The lowest BCUT2D eigenvalue weighted by Crippen LogP contribution is -2.46. The van der Waals surface area contributed by atoms with E-state index in [1.807, 2.05) is 0 Å². The van der Waals surface area contributed by atoms with Crippen LogP contribution in [0.5, 0.6) is 0 Å². The van der Waals surface area contributed by atoms with Gasteiger partial charge >= 0.3 is 0 Å². The summed E-state index contributed by atoms with van der Waals surface area (Å²) in [6, 6.07) is 31.3. The molecule has 0 saturated carbocycles. The van der Waals surface area contributed by atoms with Gasteiger partial charge in [-0.25, -0.2) is 0 Å². The van der Waals surface area contributed by atoms with Crippen LogP contribution in [0.25, 0.3) is 22.3 Å². The molecule has 4 aromatic rings. The average molecular weight is 403 g/mol. The molecule has 0 amide bonds. The largest absolute Gasteiger partial charge is 0.349 e. The number of benzene rings is 4. The Balaban J connectivity index is 1.38. The van der Waals surface area contributed by atoms with Crippen molar-refractivity contribution in [1.29, 1.82) is 0 Å². The van der Waals surface area contributed by atoms with E-state index in [9.17, 15) is 0 Å². The Hall–Kier alpha value is -3.52. The lowest BCUT2D eigenvalue weighted by Gasteiger charge is -2.45. The summed E-state index contributed by atoms with van der Waals surface area (Å²) in [5.41, 5.74) is 13.5. The van der Waals surface area contributed by atoms with Crippen LogP contribution < -0.4 is 9.80 Å². The molecular weight excluding hydrogens is 376 g/mol. The van der Waals surface area contributed by atoms with Crippen LogP contribution in [-0.4, -0.2) is 6.67 Å². The molecule has 2 aliphatic rings. The van der Waals surface area contributed by atoms with Gasteiger partial charge in [0.05, 0.1) is 6.67 Å². The summed E-state index contributed by atoms with van der Waals surface area (Å²) in [6.07, 6.45) is 0. The van der Waals surface area contributed by atoms with Crippen LogP contribution in [0.15, 0.2) is 84.9 Å². The maximum Gasteiger partial charge on any atom is 0.0910 e. The van der Waals surface area contributed by atoms with Crippen molar-refractivity contribution in [2.24, 2.45) is 0 Å². The summed E-state index contributed by atoms with van der Waals surface area (Å²) < 4.78 is 0. The van der Waals surface area contributed by atoms with Crippen molar-refractivity contribution in [1.82, 2.24) is 0 Å². The number of rotatable bonds is 2. The molecule has 152 valence electrons. The summed E-state index contributed by atoms with van der Waals surface area (Å²) in [5.74, 6) is 0. The highest BCUT2D eigenvalue weighted by Crippen LogP contribution is 2.41. The monoisotopic (exact) mass is 402 g/mol. The average Bonchev–Trinajstić information content (AvgIpc) is 2.79. The lowest BCUT2D eigenvalue weighted by molar-refractivity contribution is 0.651. The van der Waals surface area contributed by atoms with Crippen LogP contribution in [0, 0.1) is 13.8 Å². The van der Waals surface area contributed by atoms with Gasteiger partial charge < -0.3 is 9.80 Å². The van der Waals surface area contributed by atoms with E-state index in [0.717, 1.165) is 19.8 Å². The Morgan fingerprint density at radius 2 is 1.00 bits per heavy atom. The molecule has 31 heavy (non-hydrogen) atoms. The molecule has 0 unspecified atom stereocenters. The summed E-state index contributed by atoms with van der Waals surface area (Å²) in [6.45, 7) is 7.27. The van der Waals surface area contributed by atoms with Gasteiger partial charge in [-0.05, 0) is 82.6 Å². The van der Waals surface area contributed by atoms with E-state index in [1.165, 1.54) is 55.9 Å². The zero-order valence-electron chi connectivity index (χ0n) is 18.1. The summed E-state index contributed by atoms with van der Waals surface area (Å²) >= 11 is 0. The number of nitrogens with zero attached hydrogens (tertiary/aromatic N) is 2. The molecule has 2 heterocycles. The number of anilines is 2. The van der Waals surface area contributed by atoms with E-state index < -0.39 is 0 Å². The molecule has 0 aliphatic carbocycles. The van der Waals surface area contributed by atoms with Gasteiger partial charge in [0.2, 0.25) is 0 Å². The Morgan fingerprint density at radius 1 is 0.548 bits per heavy atom. The second-order valence-corrected chi connectivity index (χ2v) is 8.85. The van der Waals surface area contributed by atoms with Crippen molar-refractivity contribution in [3.8, 4) is 22.3 Å². The summed E-state index contributed by atoms with van der Waals surface area (Å²) in [7, 11) is 0. The molecule has 4 aromatic carbocycles. The van der Waals surface area contributed by atoms with Gasteiger partial charge in [-0.3, -0.25) is 0 Å². The summed E-state index contributed by atoms with van der Waals surface area (Å²) in [4.78, 5) is 5.04. The van der Waals surface area contributed by atoms with Crippen molar-refractivity contribution >= 4 is 11.4 Å². The van der Waals surface area contributed by atoms with Gasteiger partial charge in [-0.1, -0.05) is 60.7 Å². The Bertz CT molecular complexity index is 1200. The van der Waals surface area contributed by atoms with Crippen molar-refractivity contribution in [3.63, 3.8) is 0 Å². The highest BCUT2D eigenvalue weighted by Gasteiger charge is 2.29. The molecule has 0 spiro atoms. The van der Waals surface area contributed by atoms with E-state index in [-0.39, 0.29) is 0 Å². The smallest absolute Gasteiger partial charge is 0.0910 e. The van der Waals surface area contributed by atoms with Crippen molar-refractivity contribution in [2.75, 3.05) is 16.5 Å². The minimum Gasteiger partial charge on any atom is -0.349 e. The highest BCUT2D eigenvalue weighted by atomic mass is 15.4. The quantitative estimate of drug-likeness (QED) is 0.358. The molecule has 0 aromatic heterocycles. The third-order valence-electron chi connectivity index (χ3n) is 6.82. The molecule has 2 nitrogen and oxygen atoms in total. The molecule has 0 atom stereocenters. The van der Waals surface area contributed by atoms with Gasteiger partial charge in [0, 0.05) is 24.5 Å². The molecule has 6 rings (SSSR count). The van der Waals surface area contributed by atoms with Crippen LogP contribution in [0.3, 0.4) is 0 Å². The Kier molecular flexibility index (Phi) is 4.14. The fourth-order valence-corrected chi connectivity index (χ4v) is 5.21. The first-order valence-electron chi connectivity index (χ1n) is 11.0. The van der Waals surface area contributed by atoms with Crippen LogP contribution in [-0.2, 0) is 13.1 Å². The van der Waals surface area contributed by atoms with E-state index in [0.29, 0.717) is 0 Å². The molecule has 2 aliphatic heterocycles. The maximum atomic E-state index is 2.52. The molecule has 0 saturated heterocycles. The molecular formula is C29H26N2. The number of aryl methyl sites for hydroxylation is 2. The maximum absolute atomic E-state index is 2.52. The Morgan fingerprint density at radius 3 is 1.45 bits per heavy atom. The lowest BCUT2D eigenvalue weighted by atomic mass is 9.93. The predicted octanol–water partition coefficient (Wildman–Crippen LogP) is 6.94. The molecule has 2 bridgehead atoms. The van der Waals surface area contributed by atoms with Gasteiger partial charge in [-0.2, -0.15) is 0 Å². The zero-order chi connectivity index (χ0) is 20.9. The third kappa shape index (κ3) is 3.02. The van der Waals surface area contributed by atoms with Gasteiger partial charge in [0.1, 0.15) is 0 Å². The fraction of sp³-hybridized carbons (Fsp3) is 0.172. The predicted molar refractivity (Wildman–Crippen MR) is 130 cm³/mol. The fourth-order valence-electron chi connectivity index (χ4n) is 5.21. The van der Waals surface area contributed by atoms with Crippen molar-refractivity contribution < 1.29 is 0 Å².